The second-order valence-corrected chi connectivity index (χ2v) is 1.78. The van der Waals surface area contributed by atoms with Gasteiger partial charge in [-0.15, -0.1) is 0 Å². The summed E-state index contributed by atoms with van der Waals surface area (Å²) in [5.41, 5.74) is -0.342. The molecule has 60 valence electrons. The van der Waals surface area contributed by atoms with Gasteiger partial charge in [0.2, 0.25) is 5.88 Å². The molecule has 0 saturated heterocycles. The Bertz CT molecular complexity index is 225. The van der Waals surface area contributed by atoms with Gasteiger partial charge in [-0.1, -0.05) is 0 Å². The first kappa shape index (κ1) is 7.84. The van der Waals surface area contributed by atoms with Crippen LogP contribution in [0.5, 0.6) is 5.88 Å². The molecule has 0 aliphatic rings. The fraction of sp³-hybridized carbons (Fsp3) is 0.333. The third-order valence-electron chi connectivity index (χ3n) is 1.08. The molecule has 11 heavy (non-hydrogen) atoms. The number of ether oxygens (including phenoxy) is 1. The van der Waals surface area contributed by atoms with Gasteiger partial charge in [0.15, 0.2) is 0 Å². The first-order chi connectivity index (χ1) is 5.24. The maximum atomic E-state index is 11.9. The molecule has 3 nitrogen and oxygen atoms in total. The molecule has 0 amide bonds. The van der Waals surface area contributed by atoms with Crippen LogP contribution >= 0.6 is 0 Å². The van der Waals surface area contributed by atoms with Crippen molar-refractivity contribution in [3.63, 3.8) is 0 Å². The van der Waals surface area contributed by atoms with Crippen LogP contribution in [0.2, 0.25) is 0 Å². The minimum absolute atomic E-state index is 0.231. The molecule has 0 radical (unpaired) electrons. The van der Waals surface area contributed by atoms with E-state index < -0.39 is 6.43 Å². The Balaban J connectivity index is 2.83. The Morgan fingerprint density at radius 1 is 1.36 bits per heavy atom. The summed E-state index contributed by atoms with van der Waals surface area (Å²) in [6, 6.07) is 0. The number of methoxy groups -OCH3 is 1. The maximum absolute atomic E-state index is 11.9. The van der Waals surface area contributed by atoms with Crippen LogP contribution in [0.25, 0.3) is 0 Å². The van der Waals surface area contributed by atoms with E-state index in [-0.39, 0.29) is 11.6 Å². The second kappa shape index (κ2) is 3.23. The molecular formula is C6H6F2N2O. The van der Waals surface area contributed by atoms with Gasteiger partial charge < -0.3 is 4.74 Å². The highest BCUT2D eigenvalue weighted by atomic mass is 19.3. The van der Waals surface area contributed by atoms with Crippen molar-refractivity contribution < 1.29 is 13.5 Å². The van der Waals surface area contributed by atoms with Gasteiger partial charge in [-0.05, 0) is 0 Å². The van der Waals surface area contributed by atoms with Crippen LogP contribution in [0, 0.1) is 0 Å². The molecular weight excluding hydrogens is 154 g/mol. The molecule has 0 atom stereocenters. The zero-order valence-corrected chi connectivity index (χ0v) is 5.79. The van der Waals surface area contributed by atoms with E-state index in [9.17, 15) is 8.78 Å². The topological polar surface area (TPSA) is 35.0 Å². The number of alkyl halides is 2. The third kappa shape index (κ3) is 1.83. The standard InChI is InChI=1S/C6H6F2N2O/c1-11-5-3-9-4(2-10-5)6(7)8/h2-3,6H,1H3. The van der Waals surface area contributed by atoms with Gasteiger partial charge in [-0.25, -0.2) is 18.7 Å². The molecule has 0 fully saturated rings. The number of halogens is 2. The van der Waals surface area contributed by atoms with Gasteiger partial charge in [-0.3, -0.25) is 0 Å². The summed E-state index contributed by atoms with van der Waals surface area (Å²) in [6.45, 7) is 0. The molecule has 0 N–H and O–H groups in total. The lowest BCUT2D eigenvalue weighted by Crippen LogP contribution is -1.93. The smallest absolute Gasteiger partial charge is 0.281 e. The first-order valence-electron chi connectivity index (χ1n) is 2.88. The summed E-state index contributed by atoms with van der Waals surface area (Å²) in [7, 11) is 1.39. The largest absolute Gasteiger partial charge is 0.480 e. The monoisotopic (exact) mass is 160 g/mol. The van der Waals surface area contributed by atoms with Crippen molar-refractivity contribution in [3.8, 4) is 5.88 Å². The summed E-state index contributed by atoms with van der Waals surface area (Å²) in [5.74, 6) is 0.231. The number of nitrogens with zero attached hydrogens (tertiary/aromatic N) is 2. The molecule has 0 bridgehead atoms. The SMILES string of the molecule is COc1cnc(C(F)F)cn1. The van der Waals surface area contributed by atoms with Gasteiger partial charge in [0.05, 0.1) is 19.5 Å². The van der Waals surface area contributed by atoms with Gasteiger partial charge in [-0.2, -0.15) is 0 Å². The Hall–Kier alpha value is -1.26. The quantitative estimate of drug-likeness (QED) is 0.656. The zero-order valence-electron chi connectivity index (χ0n) is 5.79. The summed E-state index contributed by atoms with van der Waals surface area (Å²) in [4.78, 5) is 6.97. The molecule has 0 aliphatic carbocycles. The fourth-order valence-corrected chi connectivity index (χ4v) is 0.544. The fourth-order valence-electron chi connectivity index (χ4n) is 0.544. The molecule has 0 saturated carbocycles. The molecule has 0 aliphatic heterocycles. The summed E-state index contributed by atoms with van der Waals surface area (Å²) >= 11 is 0. The van der Waals surface area contributed by atoms with Crippen LogP contribution in [-0.2, 0) is 0 Å². The predicted molar refractivity (Wildman–Crippen MR) is 33.5 cm³/mol. The average Bonchev–Trinajstić information content (AvgIpc) is 2.05. The van der Waals surface area contributed by atoms with Crippen LogP contribution < -0.4 is 4.74 Å². The Labute approximate surface area is 62.0 Å². The van der Waals surface area contributed by atoms with Crippen molar-refractivity contribution in [2.45, 2.75) is 6.43 Å². The van der Waals surface area contributed by atoms with E-state index in [0.29, 0.717) is 0 Å². The maximum Gasteiger partial charge on any atom is 0.281 e. The molecule has 1 rings (SSSR count). The lowest BCUT2D eigenvalue weighted by Gasteiger charge is -1.98. The lowest BCUT2D eigenvalue weighted by molar-refractivity contribution is 0.145. The molecule has 0 unspecified atom stereocenters. The van der Waals surface area contributed by atoms with Crippen LogP contribution in [0.4, 0.5) is 8.78 Å². The molecule has 1 heterocycles. The van der Waals surface area contributed by atoms with Gasteiger partial charge in [0.25, 0.3) is 6.43 Å². The van der Waals surface area contributed by atoms with E-state index in [1.165, 1.54) is 7.11 Å². The van der Waals surface area contributed by atoms with Crippen molar-refractivity contribution >= 4 is 0 Å². The van der Waals surface area contributed by atoms with Crippen LogP contribution in [0.1, 0.15) is 12.1 Å². The minimum atomic E-state index is -2.58. The predicted octanol–water partition coefficient (Wildman–Crippen LogP) is 1.42. The van der Waals surface area contributed by atoms with E-state index in [1.807, 2.05) is 0 Å². The van der Waals surface area contributed by atoms with Crippen molar-refractivity contribution in [3.05, 3.63) is 18.1 Å². The molecule has 5 heteroatoms. The summed E-state index contributed by atoms with van der Waals surface area (Å²) in [6.07, 6.45) is -0.432. The molecule has 1 aromatic heterocycles. The van der Waals surface area contributed by atoms with E-state index in [1.54, 1.807) is 0 Å². The van der Waals surface area contributed by atoms with Gasteiger partial charge in [0, 0.05) is 0 Å². The molecule has 0 spiro atoms. The number of hydrogen-bond donors (Lipinski definition) is 0. The highest BCUT2D eigenvalue weighted by molar-refractivity contribution is 5.07. The van der Waals surface area contributed by atoms with Crippen LogP contribution in [0.15, 0.2) is 12.4 Å². The van der Waals surface area contributed by atoms with E-state index in [2.05, 4.69) is 14.7 Å². The van der Waals surface area contributed by atoms with Crippen LogP contribution in [-0.4, -0.2) is 17.1 Å². The van der Waals surface area contributed by atoms with Gasteiger partial charge in [0.1, 0.15) is 5.69 Å². The normalized spacial score (nSPS) is 10.2. The first-order valence-corrected chi connectivity index (χ1v) is 2.88. The van der Waals surface area contributed by atoms with E-state index in [4.69, 9.17) is 0 Å². The van der Waals surface area contributed by atoms with Crippen molar-refractivity contribution in [2.24, 2.45) is 0 Å². The highest BCUT2D eigenvalue weighted by Gasteiger charge is 2.08. The lowest BCUT2D eigenvalue weighted by atomic mass is 10.5. The van der Waals surface area contributed by atoms with Crippen molar-refractivity contribution in [2.75, 3.05) is 7.11 Å². The van der Waals surface area contributed by atoms with Crippen molar-refractivity contribution in [1.29, 1.82) is 0 Å². The minimum Gasteiger partial charge on any atom is -0.480 e. The number of rotatable bonds is 2. The number of aromatic nitrogens is 2. The highest BCUT2D eigenvalue weighted by Crippen LogP contribution is 2.15. The average molecular weight is 160 g/mol. The van der Waals surface area contributed by atoms with E-state index >= 15 is 0 Å². The van der Waals surface area contributed by atoms with Crippen LogP contribution in [0.3, 0.4) is 0 Å². The van der Waals surface area contributed by atoms with Crippen molar-refractivity contribution in [1.82, 2.24) is 9.97 Å². The Kier molecular flexibility index (Phi) is 2.30. The zero-order chi connectivity index (χ0) is 8.27. The Morgan fingerprint density at radius 2 is 2.09 bits per heavy atom. The Morgan fingerprint density at radius 3 is 2.45 bits per heavy atom. The number of hydrogen-bond acceptors (Lipinski definition) is 3. The molecule has 1 aromatic rings. The third-order valence-corrected chi connectivity index (χ3v) is 1.08. The second-order valence-electron chi connectivity index (χ2n) is 1.78. The van der Waals surface area contributed by atoms with Gasteiger partial charge >= 0.3 is 0 Å². The van der Waals surface area contributed by atoms with E-state index in [0.717, 1.165) is 12.4 Å². The summed E-state index contributed by atoms with van der Waals surface area (Å²) < 4.78 is 28.3. The summed E-state index contributed by atoms with van der Waals surface area (Å²) in [5, 5.41) is 0. The molecule has 0 aromatic carbocycles.